The van der Waals surface area contributed by atoms with E-state index in [0.717, 1.165) is 22.3 Å². The summed E-state index contributed by atoms with van der Waals surface area (Å²) in [7, 11) is 0. The van der Waals surface area contributed by atoms with Crippen LogP contribution in [0.5, 0.6) is 0 Å². The van der Waals surface area contributed by atoms with E-state index in [1.807, 2.05) is 45.0 Å². The number of carbonyl (C=O) groups is 3. The van der Waals surface area contributed by atoms with Gasteiger partial charge in [0.05, 0.1) is 5.41 Å². The summed E-state index contributed by atoms with van der Waals surface area (Å²) in [6.07, 6.45) is -0.198. The summed E-state index contributed by atoms with van der Waals surface area (Å²) in [5.41, 5.74) is 3.54. The molecule has 0 spiro atoms. The van der Waals surface area contributed by atoms with Gasteiger partial charge in [-0.05, 0) is 47.4 Å². The van der Waals surface area contributed by atoms with Gasteiger partial charge in [0.2, 0.25) is 5.91 Å². The number of nitrogens with one attached hydrogen (secondary N) is 1. The Morgan fingerprint density at radius 1 is 1.09 bits per heavy atom. The fourth-order valence-corrected chi connectivity index (χ4v) is 5.29. The van der Waals surface area contributed by atoms with Crippen LogP contribution in [0, 0.1) is 17.3 Å². The van der Waals surface area contributed by atoms with Crippen molar-refractivity contribution in [1.29, 1.82) is 0 Å². The van der Waals surface area contributed by atoms with Crippen molar-refractivity contribution in [2.24, 2.45) is 17.3 Å². The summed E-state index contributed by atoms with van der Waals surface area (Å²) in [5, 5.41) is 12.4. The Bertz CT molecular complexity index is 1080. The summed E-state index contributed by atoms with van der Waals surface area (Å²) in [6, 6.07) is 15.5. The quantitative estimate of drug-likeness (QED) is 0.611. The van der Waals surface area contributed by atoms with Crippen LogP contribution in [-0.2, 0) is 14.3 Å². The number of alkyl carbamates (subject to hydrolysis) is 1. The predicted molar refractivity (Wildman–Crippen MR) is 133 cm³/mol. The molecule has 1 heterocycles. The molecule has 1 fully saturated rings. The molecule has 4 rings (SSSR count). The van der Waals surface area contributed by atoms with Gasteiger partial charge in [-0.2, -0.15) is 0 Å². The van der Waals surface area contributed by atoms with Crippen LogP contribution >= 0.6 is 0 Å². The van der Waals surface area contributed by atoms with E-state index in [1.54, 1.807) is 11.8 Å². The molecule has 3 atom stereocenters. The van der Waals surface area contributed by atoms with Crippen molar-refractivity contribution >= 4 is 18.0 Å². The first kappa shape index (κ1) is 24.8. The molecule has 1 aliphatic heterocycles. The number of hydrogen-bond donors (Lipinski definition) is 2. The Kier molecular flexibility index (Phi) is 6.88. The number of benzene rings is 2. The Morgan fingerprint density at radius 2 is 1.66 bits per heavy atom. The molecule has 2 aliphatic rings. The molecule has 2 aromatic carbocycles. The first-order chi connectivity index (χ1) is 16.6. The summed E-state index contributed by atoms with van der Waals surface area (Å²) >= 11 is 0. The number of rotatable bonds is 7. The topological polar surface area (TPSA) is 95.9 Å². The van der Waals surface area contributed by atoms with E-state index < -0.39 is 23.5 Å². The lowest BCUT2D eigenvalue weighted by Gasteiger charge is -2.26. The maximum atomic E-state index is 13.3. The fraction of sp³-hybridized carbons (Fsp3) is 0.464. The average molecular weight is 479 g/mol. The standard InChI is InChI=1S/C28H34N2O5/c1-17(2)13-24(25(31)30-14-18(3)28(4,16-30)26(32)33)29-27(34)35-15-23-21-11-7-5-9-19(21)20-10-6-8-12-22(20)23/h5-12,17-18,23-24H,13-16H2,1-4H3,(H,29,34)(H,32,33)/t18-,24-,28-/m1/s1. The van der Waals surface area contributed by atoms with E-state index in [-0.39, 0.29) is 36.8 Å². The molecule has 0 unspecified atom stereocenters. The molecule has 2 aromatic rings. The van der Waals surface area contributed by atoms with E-state index in [2.05, 4.69) is 29.6 Å². The van der Waals surface area contributed by atoms with Gasteiger partial charge < -0.3 is 20.1 Å². The van der Waals surface area contributed by atoms with E-state index in [1.165, 1.54) is 0 Å². The van der Waals surface area contributed by atoms with Crippen LogP contribution in [0.4, 0.5) is 4.79 Å². The molecular weight excluding hydrogens is 444 g/mol. The third-order valence-electron chi connectivity index (χ3n) is 7.54. The Morgan fingerprint density at radius 3 is 2.17 bits per heavy atom. The van der Waals surface area contributed by atoms with Gasteiger partial charge >= 0.3 is 12.1 Å². The van der Waals surface area contributed by atoms with Crippen molar-refractivity contribution in [1.82, 2.24) is 10.2 Å². The summed E-state index contributed by atoms with van der Waals surface area (Å²) < 4.78 is 5.65. The van der Waals surface area contributed by atoms with Crippen molar-refractivity contribution < 1.29 is 24.2 Å². The van der Waals surface area contributed by atoms with Crippen molar-refractivity contribution in [2.75, 3.05) is 19.7 Å². The van der Waals surface area contributed by atoms with Crippen LogP contribution in [-0.4, -0.2) is 53.7 Å². The van der Waals surface area contributed by atoms with E-state index in [0.29, 0.717) is 13.0 Å². The minimum atomic E-state index is -0.998. The number of hydrogen-bond acceptors (Lipinski definition) is 4. The van der Waals surface area contributed by atoms with E-state index in [4.69, 9.17) is 4.74 Å². The zero-order valence-corrected chi connectivity index (χ0v) is 20.8. The largest absolute Gasteiger partial charge is 0.481 e. The Hall–Kier alpha value is -3.35. The zero-order chi connectivity index (χ0) is 25.3. The minimum Gasteiger partial charge on any atom is -0.481 e. The molecular formula is C28H34N2O5. The number of amides is 2. The maximum absolute atomic E-state index is 13.3. The summed E-state index contributed by atoms with van der Waals surface area (Å²) in [4.78, 5) is 39.5. The maximum Gasteiger partial charge on any atom is 0.407 e. The predicted octanol–water partition coefficient (Wildman–Crippen LogP) is 4.51. The average Bonchev–Trinajstić information content (AvgIpc) is 3.31. The summed E-state index contributed by atoms with van der Waals surface area (Å²) in [6.45, 7) is 8.12. The number of carboxylic acid groups (broad SMARTS) is 1. The molecule has 0 aromatic heterocycles. The van der Waals surface area contributed by atoms with Crippen molar-refractivity contribution in [3.8, 4) is 11.1 Å². The van der Waals surface area contributed by atoms with Crippen LogP contribution in [0.15, 0.2) is 48.5 Å². The van der Waals surface area contributed by atoms with Gasteiger partial charge in [-0.3, -0.25) is 9.59 Å². The highest BCUT2D eigenvalue weighted by Gasteiger charge is 2.48. The monoisotopic (exact) mass is 478 g/mol. The van der Waals surface area contributed by atoms with Crippen molar-refractivity contribution in [2.45, 2.75) is 46.1 Å². The highest BCUT2D eigenvalue weighted by atomic mass is 16.5. The van der Waals surface area contributed by atoms with Crippen LogP contribution in [0.2, 0.25) is 0 Å². The summed E-state index contributed by atoms with van der Waals surface area (Å²) in [5.74, 6) is -1.26. The van der Waals surface area contributed by atoms with Gasteiger partial charge in [0, 0.05) is 19.0 Å². The first-order valence-corrected chi connectivity index (χ1v) is 12.3. The normalized spacial score (nSPS) is 22.0. The second-order valence-corrected chi connectivity index (χ2v) is 10.5. The van der Waals surface area contributed by atoms with Gasteiger partial charge in [-0.15, -0.1) is 0 Å². The number of carbonyl (C=O) groups excluding carboxylic acids is 2. The number of fused-ring (bicyclic) bond motifs is 3. The number of ether oxygens (including phenoxy) is 1. The molecule has 1 aliphatic carbocycles. The van der Waals surface area contributed by atoms with Gasteiger partial charge in [0.25, 0.3) is 0 Å². The first-order valence-electron chi connectivity index (χ1n) is 12.3. The molecule has 7 nitrogen and oxygen atoms in total. The number of aliphatic carboxylic acids is 1. The van der Waals surface area contributed by atoms with Gasteiger partial charge in [-0.25, -0.2) is 4.79 Å². The Labute approximate surface area is 206 Å². The molecule has 0 radical (unpaired) electrons. The highest BCUT2D eigenvalue weighted by Crippen LogP contribution is 2.44. The SMILES string of the molecule is CC(C)C[C@@H](NC(=O)OCC1c2ccccc2-c2ccccc21)C(=O)N1C[C@@H](C)[C@](C)(C(=O)O)C1. The lowest BCUT2D eigenvalue weighted by atomic mass is 9.81. The minimum absolute atomic E-state index is 0.0666. The molecule has 2 amide bonds. The smallest absolute Gasteiger partial charge is 0.407 e. The van der Waals surface area contributed by atoms with Crippen LogP contribution in [0.1, 0.15) is 51.2 Å². The van der Waals surface area contributed by atoms with Crippen LogP contribution in [0.3, 0.4) is 0 Å². The van der Waals surface area contributed by atoms with E-state index >= 15 is 0 Å². The van der Waals surface area contributed by atoms with Crippen molar-refractivity contribution in [3.63, 3.8) is 0 Å². The number of carboxylic acids is 1. The molecule has 7 heteroatoms. The molecule has 2 N–H and O–H groups in total. The Balaban J connectivity index is 1.44. The molecule has 0 saturated carbocycles. The molecule has 35 heavy (non-hydrogen) atoms. The van der Waals surface area contributed by atoms with Crippen molar-refractivity contribution in [3.05, 3.63) is 59.7 Å². The third kappa shape index (κ3) is 4.77. The molecule has 186 valence electrons. The van der Waals surface area contributed by atoms with Crippen LogP contribution < -0.4 is 5.32 Å². The lowest BCUT2D eigenvalue weighted by Crippen LogP contribution is -2.49. The third-order valence-corrected chi connectivity index (χ3v) is 7.54. The number of nitrogens with zero attached hydrogens (tertiary/aromatic N) is 1. The van der Waals surface area contributed by atoms with Gasteiger partial charge in [0.15, 0.2) is 0 Å². The molecule has 0 bridgehead atoms. The second kappa shape index (κ2) is 9.72. The second-order valence-electron chi connectivity index (χ2n) is 10.5. The number of likely N-dealkylation sites (tertiary alicyclic amines) is 1. The van der Waals surface area contributed by atoms with Gasteiger partial charge in [0.1, 0.15) is 12.6 Å². The highest BCUT2D eigenvalue weighted by molar-refractivity contribution is 5.87. The van der Waals surface area contributed by atoms with E-state index in [9.17, 15) is 19.5 Å². The lowest BCUT2D eigenvalue weighted by molar-refractivity contribution is -0.149. The van der Waals surface area contributed by atoms with Gasteiger partial charge in [-0.1, -0.05) is 69.3 Å². The molecule has 1 saturated heterocycles. The fourth-order valence-electron chi connectivity index (χ4n) is 5.29. The van der Waals surface area contributed by atoms with Crippen LogP contribution in [0.25, 0.3) is 11.1 Å². The zero-order valence-electron chi connectivity index (χ0n) is 20.8.